The van der Waals surface area contributed by atoms with Crippen molar-refractivity contribution >= 4 is 17.4 Å². The van der Waals surface area contributed by atoms with Crippen molar-refractivity contribution in [3.8, 4) is 5.75 Å². The van der Waals surface area contributed by atoms with Gasteiger partial charge in [-0.2, -0.15) is 5.06 Å². The quantitative estimate of drug-likeness (QED) is 0.580. The van der Waals surface area contributed by atoms with Crippen LogP contribution in [0.15, 0.2) is 18.2 Å². The molecule has 1 aromatic rings. The molecule has 2 aliphatic heterocycles. The van der Waals surface area contributed by atoms with Crippen molar-refractivity contribution in [1.82, 2.24) is 0 Å². The Morgan fingerprint density at radius 2 is 2.07 bits per heavy atom. The van der Waals surface area contributed by atoms with Gasteiger partial charge in [-0.05, 0) is 12.1 Å². The van der Waals surface area contributed by atoms with Crippen LogP contribution in [0, 0.1) is 0 Å². The molecular formula is C10H7NO4. The normalized spacial score (nSPS) is 18.5. The highest BCUT2D eigenvalue weighted by Crippen LogP contribution is 2.36. The molecule has 3 rings (SSSR count). The predicted molar refractivity (Wildman–Crippen MR) is 49.7 cm³/mol. The van der Waals surface area contributed by atoms with E-state index in [1.54, 1.807) is 18.2 Å². The number of amides is 1. The fourth-order valence-corrected chi connectivity index (χ4v) is 1.75. The van der Waals surface area contributed by atoms with Crippen molar-refractivity contribution in [1.29, 1.82) is 0 Å². The molecule has 1 amide bonds. The van der Waals surface area contributed by atoms with E-state index in [9.17, 15) is 9.59 Å². The minimum atomic E-state index is -0.650. The molecule has 4 bridgehead atoms. The molecule has 15 heavy (non-hydrogen) atoms. The number of ether oxygens (including phenoxy) is 1. The van der Waals surface area contributed by atoms with Crippen LogP contribution in [-0.2, 0) is 9.63 Å². The standard InChI is InChI=1S/C10H7NO4/c12-9-8-6-2-1-3-7(8)14-4-5-15-11(6)10(9)13/h1-3H,4-5H2. The van der Waals surface area contributed by atoms with E-state index in [0.717, 1.165) is 5.06 Å². The second-order valence-corrected chi connectivity index (χ2v) is 3.26. The first kappa shape index (κ1) is 8.43. The zero-order valence-electron chi connectivity index (χ0n) is 7.73. The second kappa shape index (κ2) is 2.80. The Kier molecular flexibility index (Phi) is 1.58. The molecular weight excluding hydrogens is 198 g/mol. The molecule has 0 aromatic heterocycles. The van der Waals surface area contributed by atoms with Gasteiger partial charge >= 0.3 is 5.91 Å². The topological polar surface area (TPSA) is 55.8 Å². The maximum atomic E-state index is 11.6. The molecule has 0 radical (unpaired) electrons. The zero-order valence-corrected chi connectivity index (χ0v) is 7.73. The summed E-state index contributed by atoms with van der Waals surface area (Å²) in [5.41, 5.74) is 0.782. The van der Waals surface area contributed by atoms with Crippen molar-refractivity contribution in [2.24, 2.45) is 0 Å². The number of nitrogens with zero attached hydrogens (tertiary/aromatic N) is 1. The third-order valence-corrected chi connectivity index (χ3v) is 2.39. The molecule has 0 N–H and O–H groups in total. The third kappa shape index (κ3) is 1.01. The zero-order chi connectivity index (χ0) is 10.4. The molecule has 0 saturated carbocycles. The van der Waals surface area contributed by atoms with Crippen molar-refractivity contribution < 1.29 is 19.2 Å². The first-order valence-corrected chi connectivity index (χ1v) is 4.56. The van der Waals surface area contributed by atoms with Gasteiger partial charge in [-0.15, -0.1) is 0 Å². The lowest BCUT2D eigenvalue weighted by molar-refractivity contribution is -0.121. The average Bonchev–Trinajstić information content (AvgIpc) is 2.51. The van der Waals surface area contributed by atoms with Crippen LogP contribution in [0.2, 0.25) is 0 Å². The van der Waals surface area contributed by atoms with Crippen LogP contribution >= 0.6 is 0 Å². The van der Waals surface area contributed by atoms with Gasteiger partial charge in [0.1, 0.15) is 19.0 Å². The van der Waals surface area contributed by atoms with Crippen LogP contribution in [0.4, 0.5) is 5.69 Å². The predicted octanol–water partition coefficient (Wildman–Crippen LogP) is 0.540. The number of Topliss-reactive ketones (excluding diaryl/α,β-unsaturated/α-hetero) is 1. The van der Waals surface area contributed by atoms with Gasteiger partial charge in [-0.25, -0.2) is 0 Å². The Bertz CT molecular complexity index is 468. The van der Waals surface area contributed by atoms with Gasteiger partial charge in [-0.1, -0.05) is 6.07 Å². The van der Waals surface area contributed by atoms with Gasteiger partial charge in [0, 0.05) is 0 Å². The van der Waals surface area contributed by atoms with E-state index in [1.807, 2.05) is 0 Å². The first-order valence-electron chi connectivity index (χ1n) is 4.56. The monoisotopic (exact) mass is 205 g/mol. The van der Waals surface area contributed by atoms with E-state index in [4.69, 9.17) is 9.57 Å². The summed E-state index contributed by atoms with van der Waals surface area (Å²) in [5.74, 6) is -0.762. The van der Waals surface area contributed by atoms with Gasteiger partial charge in [0.2, 0.25) is 0 Å². The molecule has 2 aliphatic rings. The Morgan fingerprint density at radius 3 is 2.93 bits per heavy atom. The Balaban J connectivity index is 2.29. The highest BCUT2D eigenvalue weighted by Gasteiger charge is 2.40. The summed E-state index contributed by atoms with van der Waals surface area (Å²) in [6, 6.07) is 5.07. The maximum Gasteiger partial charge on any atom is 0.323 e. The highest BCUT2D eigenvalue weighted by atomic mass is 16.7. The van der Waals surface area contributed by atoms with Gasteiger partial charge in [-0.3, -0.25) is 14.4 Å². The lowest BCUT2D eigenvalue weighted by Gasteiger charge is -2.19. The van der Waals surface area contributed by atoms with E-state index < -0.39 is 11.7 Å². The number of hydrogen-bond acceptors (Lipinski definition) is 4. The fourth-order valence-electron chi connectivity index (χ4n) is 1.75. The van der Waals surface area contributed by atoms with E-state index in [0.29, 0.717) is 23.6 Å². The Labute approximate surface area is 85.1 Å². The molecule has 0 fully saturated rings. The SMILES string of the molecule is O=C1C(=O)N2OCCOc3cccc2c31. The van der Waals surface area contributed by atoms with E-state index in [2.05, 4.69) is 0 Å². The highest BCUT2D eigenvalue weighted by molar-refractivity contribution is 6.52. The van der Waals surface area contributed by atoms with Crippen LogP contribution < -0.4 is 9.80 Å². The average molecular weight is 205 g/mol. The number of anilines is 1. The minimum absolute atomic E-state index is 0.251. The largest absolute Gasteiger partial charge is 0.490 e. The molecule has 0 atom stereocenters. The summed E-state index contributed by atoms with van der Waals surface area (Å²) in [5, 5.41) is 1.05. The molecule has 5 nitrogen and oxygen atoms in total. The summed E-state index contributed by atoms with van der Waals surface area (Å²) in [6.07, 6.45) is 0. The molecule has 2 heterocycles. The molecule has 1 aromatic carbocycles. The summed E-state index contributed by atoms with van der Waals surface area (Å²) in [7, 11) is 0. The number of hydroxylamine groups is 1. The van der Waals surface area contributed by atoms with E-state index in [1.165, 1.54) is 0 Å². The van der Waals surface area contributed by atoms with Crippen LogP contribution in [0.25, 0.3) is 0 Å². The van der Waals surface area contributed by atoms with Crippen LogP contribution in [0.1, 0.15) is 10.4 Å². The van der Waals surface area contributed by atoms with E-state index in [-0.39, 0.29) is 6.61 Å². The summed E-state index contributed by atoms with van der Waals surface area (Å²) in [4.78, 5) is 28.3. The Morgan fingerprint density at radius 1 is 1.20 bits per heavy atom. The van der Waals surface area contributed by atoms with Crippen molar-refractivity contribution in [3.05, 3.63) is 23.8 Å². The third-order valence-electron chi connectivity index (χ3n) is 2.39. The van der Waals surface area contributed by atoms with Gasteiger partial charge in [0.15, 0.2) is 0 Å². The number of rotatable bonds is 0. The van der Waals surface area contributed by atoms with Crippen LogP contribution in [-0.4, -0.2) is 24.9 Å². The maximum absolute atomic E-state index is 11.6. The fraction of sp³-hybridized carbons (Fsp3) is 0.200. The molecule has 76 valence electrons. The van der Waals surface area contributed by atoms with Gasteiger partial charge in [0.05, 0.1) is 11.3 Å². The lowest BCUT2D eigenvalue weighted by Crippen LogP contribution is -2.31. The minimum Gasteiger partial charge on any atom is -0.490 e. The van der Waals surface area contributed by atoms with Gasteiger partial charge < -0.3 is 4.74 Å². The number of carbonyl (C=O) groups excluding carboxylic acids is 2. The summed E-state index contributed by atoms with van der Waals surface area (Å²) in [6.45, 7) is 0.578. The Hall–Kier alpha value is -1.88. The number of ketones is 1. The van der Waals surface area contributed by atoms with Crippen molar-refractivity contribution in [2.45, 2.75) is 0 Å². The first-order chi connectivity index (χ1) is 7.29. The lowest BCUT2D eigenvalue weighted by atomic mass is 10.1. The van der Waals surface area contributed by atoms with Crippen molar-refractivity contribution in [2.75, 3.05) is 18.3 Å². The smallest absolute Gasteiger partial charge is 0.323 e. The summed E-state index contributed by atoms with van der Waals surface area (Å²) < 4.78 is 5.33. The molecule has 0 saturated heterocycles. The molecule has 0 spiro atoms. The van der Waals surface area contributed by atoms with Gasteiger partial charge in [0.25, 0.3) is 5.78 Å². The number of benzene rings is 1. The van der Waals surface area contributed by atoms with Crippen molar-refractivity contribution in [3.63, 3.8) is 0 Å². The number of carbonyl (C=O) groups is 2. The number of hydrogen-bond donors (Lipinski definition) is 0. The molecule has 0 unspecified atom stereocenters. The van der Waals surface area contributed by atoms with Crippen LogP contribution in [0.3, 0.4) is 0 Å². The summed E-state index contributed by atoms with van der Waals surface area (Å²) >= 11 is 0. The molecule has 5 heteroatoms. The van der Waals surface area contributed by atoms with Crippen LogP contribution in [0.5, 0.6) is 5.75 Å². The molecule has 0 aliphatic carbocycles. The second-order valence-electron chi connectivity index (χ2n) is 3.26. The van der Waals surface area contributed by atoms with E-state index >= 15 is 0 Å².